The van der Waals surface area contributed by atoms with Gasteiger partial charge in [0.2, 0.25) is 5.91 Å². The van der Waals surface area contributed by atoms with Gasteiger partial charge in [-0.1, -0.05) is 12.1 Å². The third-order valence-corrected chi connectivity index (χ3v) is 5.30. The van der Waals surface area contributed by atoms with E-state index in [9.17, 15) is 18.8 Å². The molecule has 2 heterocycles. The Labute approximate surface area is 163 Å². The summed E-state index contributed by atoms with van der Waals surface area (Å²) >= 11 is 0. The zero-order chi connectivity index (χ0) is 19.1. The fourth-order valence-corrected chi connectivity index (χ4v) is 3.71. The first kappa shape index (κ1) is 21.1. The van der Waals surface area contributed by atoms with Gasteiger partial charge in [-0.3, -0.25) is 14.5 Å². The summed E-state index contributed by atoms with van der Waals surface area (Å²) in [6.45, 7) is 4.20. The monoisotopic (exact) mass is 398 g/mol. The van der Waals surface area contributed by atoms with Gasteiger partial charge < -0.3 is 16.0 Å². The van der Waals surface area contributed by atoms with Crippen LogP contribution in [0.5, 0.6) is 0 Å². The van der Waals surface area contributed by atoms with E-state index in [4.69, 9.17) is 5.73 Å². The fourth-order valence-electron chi connectivity index (χ4n) is 3.71. The molecule has 9 heteroatoms. The van der Waals surface area contributed by atoms with Crippen molar-refractivity contribution in [3.05, 3.63) is 35.6 Å². The van der Waals surface area contributed by atoms with Crippen molar-refractivity contribution >= 4 is 30.3 Å². The molecule has 4 amide bonds. The second-order valence-electron chi connectivity index (χ2n) is 7.19. The Balaban J connectivity index is 0.00000261. The van der Waals surface area contributed by atoms with Gasteiger partial charge in [0, 0.05) is 12.6 Å². The molecule has 3 rings (SSSR count). The highest BCUT2D eigenvalue weighted by Crippen LogP contribution is 2.29. The summed E-state index contributed by atoms with van der Waals surface area (Å²) in [5.74, 6) is -0.995. The molecule has 0 radical (unpaired) electrons. The molecule has 0 aromatic heterocycles. The molecule has 3 unspecified atom stereocenters. The zero-order valence-electron chi connectivity index (χ0n) is 15.3. The van der Waals surface area contributed by atoms with E-state index in [1.54, 1.807) is 11.8 Å². The van der Waals surface area contributed by atoms with Crippen molar-refractivity contribution in [2.24, 2.45) is 11.7 Å². The smallest absolute Gasteiger partial charge is 0.325 e. The summed E-state index contributed by atoms with van der Waals surface area (Å²) < 4.78 is 13.1. The second-order valence-corrected chi connectivity index (χ2v) is 7.19. The molecule has 0 bridgehead atoms. The lowest BCUT2D eigenvalue weighted by atomic mass is 9.92. The van der Waals surface area contributed by atoms with Crippen molar-refractivity contribution in [1.82, 2.24) is 15.1 Å². The summed E-state index contributed by atoms with van der Waals surface area (Å²) in [4.78, 5) is 40.4. The van der Waals surface area contributed by atoms with Crippen LogP contribution in [0.1, 0.15) is 25.8 Å². The van der Waals surface area contributed by atoms with Crippen molar-refractivity contribution in [2.75, 3.05) is 19.6 Å². The van der Waals surface area contributed by atoms with E-state index in [-0.39, 0.29) is 36.8 Å². The average Bonchev–Trinajstić information content (AvgIpc) is 3.09. The molecule has 7 nitrogen and oxygen atoms in total. The van der Waals surface area contributed by atoms with Crippen LogP contribution in [0.25, 0.3) is 0 Å². The molecule has 1 aromatic rings. The maximum absolute atomic E-state index is 13.1. The SMILES string of the molecule is CC1CC(CN)CN1C(=O)CN1C(=O)NC(C)(c2ccc(F)cc2)C1=O.Cl. The molecule has 2 saturated heterocycles. The predicted molar refractivity (Wildman–Crippen MR) is 99.6 cm³/mol. The number of carbonyl (C=O) groups is 3. The highest BCUT2D eigenvalue weighted by molar-refractivity contribution is 6.09. The van der Waals surface area contributed by atoms with E-state index < -0.39 is 23.3 Å². The van der Waals surface area contributed by atoms with E-state index in [2.05, 4.69) is 5.32 Å². The Bertz CT molecular complexity index is 745. The number of imide groups is 1. The summed E-state index contributed by atoms with van der Waals surface area (Å²) in [5, 5.41) is 2.62. The number of hydrogen-bond donors (Lipinski definition) is 2. The maximum atomic E-state index is 13.1. The molecular weight excluding hydrogens is 375 g/mol. The first-order valence-electron chi connectivity index (χ1n) is 8.66. The number of nitrogens with one attached hydrogen (secondary N) is 1. The highest BCUT2D eigenvalue weighted by atomic mass is 35.5. The van der Waals surface area contributed by atoms with Gasteiger partial charge in [0.05, 0.1) is 0 Å². The van der Waals surface area contributed by atoms with Crippen LogP contribution in [0.4, 0.5) is 9.18 Å². The van der Waals surface area contributed by atoms with E-state index in [0.717, 1.165) is 11.3 Å². The van der Waals surface area contributed by atoms with Gasteiger partial charge >= 0.3 is 6.03 Å². The third-order valence-electron chi connectivity index (χ3n) is 5.30. The van der Waals surface area contributed by atoms with E-state index in [0.29, 0.717) is 18.7 Å². The van der Waals surface area contributed by atoms with Gasteiger partial charge in [-0.2, -0.15) is 0 Å². The minimum atomic E-state index is -1.32. The first-order chi connectivity index (χ1) is 12.3. The quantitative estimate of drug-likeness (QED) is 0.745. The number of urea groups is 1. The lowest BCUT2D eigenvalue weighted by molar-refractivity contribution is -0.139. The Morgan fingerprint density at radius 2 is 1.96 bits per heavy atom. The van der Waals surface area contributed by atoms with E-state index >= 15 is 0 Å². The Kier molecular flexibility index (Phi) is 6.11. The van der Waals surface area contributed by atoms with Crippen molar-refractivity contribution < 1.29 is 18.8 Å². The standard InChI is InChI=1S/C18H23FN4O3.ClH/c1-11-7-12(8-20)9-22(11)15(24)10-23-16(25)18(2,21-17(23)26)13-3-5-14(19)6-4-13;/h3-6,11-12H,7-10,20H2,1-2H3,(H,21,26);1H. The molecule has 0 spiro atoms. The zero-order valence-corrected chi connectivity index (χ0v) is 16.1. The summed E-state index contributed by atoms with van der Waals surface area (Å²) in [6, 6.07) is 4.76. The molecule has 148 valence electrons. The predicted octanol–water partition coefficient (Wildman–Crippen LogP) is 1.21. The fraction of sp³-hybridized carbons (Fsp3) is 0.500. The average molecular weight is 399 g/mol. The van der Waals surface area contributed by atoms with Crippen LogP contribution in [0.2, 0.25) is 0 Å². The highest BCUT2D eigenvalue weighted by Gasteiger charge is 2.50. The van der Waals surface area contributed by atoms with Crippen LogP contribution in [-0.2, 0) is 15.1 Å². The van der Waals surface area contributed by atoms with E-state index in [1.807, 2.05) is 6.92 Å². The molecule has 3 N–H and O–H groups in total. The second kappa shape index (κ2) is 7.82. The van der Waals surface area contributed by atoms with Gasteiger partial charge in [0.25, 0.3) is 5.91 Å². The van der Waals surface area contributed by atoms with Crippen LogP contribution in [0.3, 0.4) is 0 Å². The Morgan fingerprint density at radius 1 is 1.33 bits per heavy atom. The lowest BCUT2D eigenvalue weighted by Crippen LogP contribution is -2.45. The molecule has 2 aliphatic rings. The number of nitrogens with zero attached hydrogens (tertiary/aromatic N) is 2. The maximum Gasteiger partial charge on any atom is 0.325 e. The minimum Gasteiger partial charge on any atom is -0.338 e. The van der Waals surface area contributed by atoms with Crippen LogP contribution < -0.4 is 11.1 Å². The first-order valence-corrected chi connectivity index (χ1v) is 8.66. The van der Waals surface area contributed by atoms with Crippen LogP contribution in [0, 0.1) is 11.7 Å². The number of carbonyl (C=O) groups excluding carboxylic acids is 3. The number of halogens is 2. The number of hydrogen-bond acceptors (Lipinski definition) is 4. The van der Waals surface area contributed by atoms with Gasteiger partial charge in [0.1, 0.15) is 17.9 Å². The summed E-state index contributed by atoms with van der Waals surface area (Å²) in [5.41, 5.74) is 4.83. The van der Waals surface area contributed by atoms with Crippen LogP contribution >= 0.6 is 12.4 Å². The molecule has 0 saturated carbocycles. The molecule has 27 heavy (non-hydrogen) atoms. The normalized spacial score (nSPS) is 27.6. The van der Waals surface area contributed by atoms with Crippen LogP contribution in [0.15, 0.2) is 24.3 Å². The van der Waals surface area contributed by atoms with Crippen molar-refractivity contribution in [3.63, 3.8) is 0 Å². The summed E-state index contributed by atoms with van der Waals surface area (Å²) in [7, 11) is 0. The number of amides is 4. The largest absolute Gasteiger partial charge is 0.338 e. The Morgan fingerprint density at radius 3 is 2.52 bits per heavy atom. The molecule has 2 fully saturated rings. The van der Waals surface area contributed by atoms with Gasteiger partial charge in [-0.05, 0) is 50.4 Å². The molecular formula is C18H24ClFN4O3. The summed E-state index contributed by atoms with van der Waals surface area (Å²) in [6.07, 6.45) is 0.815. The van der Waals surface area contributed by atoms with Crippen molar-refractivity contribution in [3.8, 4) is 0 Å². The third kappa shape index (κ3) is 3.77. The van der Waals surface area contributed by atoms with Gasteiger partial charge in [0.15, 0.2) is 0 Å². The molecule has 1 aromatic carbocycles. The van der Waals surface area contributed by atoms with Gasteiger partial charge in [-0.25, -0.2) is 9.18 Å². The molecule has 0 aliphatic carbocycles. The molecule has 2 aliphatic heterocycles. The lowest BCUT2D eigenvalue weighted by Gasteiger charge is -2.25. The number of likely N-dealkylation sites (tertiary alicyclic amines) is 1. The van der Waals surface area contributed by atoms with Gasteiger partial charge in [-0.15, -0.1) is 12.4 Å². The number of benzene rings is 1. The number of nitrogens with two attached hydrogens (primary N) is 1. The van der Waals surface area contributed by atoms with Crippen molar-refractivity contribution in [1.29, 1.82) is 0 Å². The van der Waals surface area contributed by atoms with E-state index in [1.165, 1.54) is 24.3 Å². The molecule has 3 atom stereocenters. The number of rotatable bonds is 4. The van der Waals surface area contributed by atoms with Crippen molar-refractivity contribution in [2.45, 2.75) is 31.8 Å². The van der Waals surface area contributed by atoms with Crippen LogP contribution in [-0.4, -0.2) is 53.3 Å². The topological polar surface area (TPSA) is 95.7 Å². The Hall–Kier alpha value is -2.19. The minimum absolute atomic E-state index is 0.